The third kappa shape index (κ3) is 21.8. The lowest BCUT2D eigenvalue weighted by molar-refractivity contribution is -0.162. The maximum absolute atomic E-state index is 11.9. The Bertz CT molecular complexity index is 1250. The lowest BCUT2D eigenvalue weighted by Gasteiger charge is -2.57. The molecule has 0 saturated heterocycles. The van der Waals surface area contributed by atoms with E-state index in [-0.39, 0.29) is 17.3 Å². The molecule has 1 unspecified atom stereocenters. The molecule has 3 rings (SSSR count). The second kappa shape index (κ2) is 32.6. The summed E-state index contributed by atoms with van der Waals surface area (Å²) in [4.78, 5) is 23.8. The first-order valence-corrected chi connectivity index (χ1v) is 26.0. The van der Waals surface area contributed by atoms with Crippen LogP contribution in [0.3, 0.4) is 0 Å². The van der Waals surface area contributed by atoms with Crippen molar-refractivity contribution in [2.24, 2.45) is 34.5 Å². The van der Waals surface area contributed by atoms with E-state index < -0.39 is 11.4 Å². The molecule has 3 aliphatic rings. The van der Waals surface area contributed by atoms with Crippen molar-refractivity contribution >= 4 is 11.9 Å². The highest BCUT2D eigenvalue weighted by Crippen LogP contribution is 2.62. The lowest BCUT2D eigenvalue weighted by Crippen LogP contribution is -2.53. The summed E-state index contributed by atoms with van der Waals surface area (Å²) in [5, 5.41) is 9.83. The molecule has 4 heteroatoms. The highest BCUT2D eigenvalue weighted by Gasteiger charge is 2.57. The minimum Gasteiger partial charge on any atom is -0.481 e. The fourth-order valence-corrected chi connectivity index (χ4v) is 10.5. The van der Waals surface area contributed by atoms with Gasteiger partial charge in [0.1, 0.15) is 0 Å². The van der Waals surface area contributed by atoms with Gasteiger partial charge in [0.25, 0.3) is 0 Å². The number of aliphatic carboxylic acids is 1. The van der Waals surface area contributed by atoms with Crippen LogP contribution in [0.5, 0.6) is 0 Å². The second-order valence-electron chi connectivity index (χ2n) is 20.5. The van der Waals surface area contributed by atoms with Crippen molar-refractivity contribution in [3.8, 4) is 0 Å². The predicted octanol–water partition coefficient (Wildman–Crippen LogP) is 17.7. The van der Waals surface area contributed by atoms with Crippen molar-refractivity contribution < 1.29 is 19.4 Å². The first kappa shape index (κ1) is 54.0. The van der Waals surface area contributed by atoms with E-state index in [2.05, 4.69) is 78.0 Å². The van der Waals surface area contributed by atoms with Crippen molar-refractivity contribution in [1.29, 1.82) is 0 Å². The quantitative estimate of drug-likeness (QED) is 0.0417. The van der Waals surface area contributed by atoms with Crippen molar-refractivity contribution in [3.63, 3.8) is 0 Å². The van der Waals surface area contributed by atoms with Crippen LogP contribution in [-0.4, -0.2) is 23.7 Å². The van der Waals surface area contributed by atoms with Crippen LogP contribution in [0.2, 0.25) is 0 Å². The molecule has 60 heavy (non-hydrogen) atoms. The van der Waals surface area contributed by atoms with Crippen molar-refractivity contribution in [2.45, 2.75) is 254 Å². The number of carbonyl (C=O) groups is 2. The number of allylic oxidation sites excluding steroid dienone is 8. The molecule has 0 amide bonds. The zero-order valence-corrected chi connectivity index (χ0v) is 40.8. The first-order valence-electron chi connectivity index (χ1n) is 26.0. The number of unbranched alkanes of at least 4 members (excludes halogenated alkanes) is 20. The highest BCUT2D eigenvalue weighted by molar-refractivity contribution is 5.75. The van der Waals surface area contributed by atoms with Crippen LogP contribution in [0.15, 0.2) is 47.6 Å². The molecule has 0 radical (unpaired) electrons. The van der Waals surface area contributed by atoms with Crippen molar-refractivity contribution in [1.82, 2.24) is 0 Å². The molecular formula is C56H98O4. The van der Waals surface area contributed by atoms with E-state index >= 15 is 0 Å². The zero-order valence-electron chi connectivity index (χ0n) is 40.8. The molecule has 1 fully saturated rings. The summed E-state index contributed by atoms with van der Waals surface area (Å²) < 4.78 is 5.43. The van der Waals surface area contributed by atoms with Crippen LogP contribution >= 0.6 is 0 Å². The van der Waals surface area contributed by atoms with Gasteiger partial charge in [-0.15, -0.1) is 0 Å². The summed E-state index contributed by atoms with van der Waals surface area (Å²) in [5.74, 6) is 1.77. The monoisotopic (exact) mass is 835 g/mol. The van der Waals surface area contributed by atoms with E-state index in [1.807, 2.05) is 6.92 Å². The number of carboxylic acids is 1. The van der Waals surface area contributed by atoms with E-state index in [4.69, 9.17) is 4.74 Å². The molecule has 346 valence electrons. The Morgan fingerprint density at radius 2 is 1.28 bits per heavy atom. The number of carboxylic acid groups (broad SMARTS) is 1. The Morgan fingerprint density at radius 1 is 0.733 bits per heavy atom. The van der Waals surface area contributed by atoms with Crippen molar-refractivity contribution in [2.75, 3.05) is 6.61 Å². The van der Waals surface area contributed by atoms with E-state index in [1.165, 1.54) is 160 Å². The van der Waals surface area contributed by atoms with Gasteiger partial charge in [-0.05, 0) is 119 Å². The highest BCUT2D eigenvalue weighted by atomic mass is 16.5. The Morgan fingerprint density at radius 3 is 1.85 bits per heavy atom. The number of carbonyl (C=O) groups excluding carboxylic acids is 1. The van der Waals surface area contributed by atoms with Gasteiger partial charge in [-0.1, -0.05) is 206 Å². The maximum Gasteiger partial charge on any atom is 0.309 e. The molecule has 0 spiro atoms. The fraction of sp³-hybridized carbons (Fsp3) is 0.821. The van der Waals surface area contributed by atoms with Crippen LogP contribution in [0.1, 0.15) is 254 Å². The second-order valence-corrected chi connectivity index (χ2v) is 20.5. The Kier molecular flexibility index (Phi) is 29.3. The number of esters is 1. The topological polar surface area (TPSA) is 63.6 Å². The molecule has 0 bridgehead atoms. The molecule has 0 aromatic rings. The molecule has 3 aliphatic carbocycles. The Hall–Kier alpha value is -2.10. The maximum atomic E-state index is 11.9. The molecule has 1 N–H and O–H groups in total. The minimum atomic E-state index is -0.588. The molecule has 0 aromatic heterocycles. The van der Waals surface area contributed by atoms with Gasteiger partial charge in [0.2, 0.25) is 0 Å². The minimum absolute atomic E-state index is 0.00982. The van der Waals surface area contributed by atoms with Gasteiger partial charge in [0.05, 0.1) is 12.0 Å². The van der Waals surface area contributed by atoms with Gasteiger partial charge in [0.15, 0.2) is 0 Å². The number of fused-ring (bicyclic) bond motifs is 3. The summed E-state index contributed by atoms with van der Waals surface area (Å²) in [6.45, 7) is 16.5. The van der Waals surface area contributed by atoms with Gasteiger partial charge >= 0.3 is 11.9 Å². The standard InChI is InChI=1S/C36H68O2.C20H30O2/c1-4-5-6-7-8-9-10-11-12-15-18-21-24-27-30-33-36(37)38-34-31-28-25-22-19-16-13-14-17-20-23-26-29-32-35(2)3;1-13(2)14-6-8-16-15(12-14)7-9-17-19(16,3)10-5-11-20(17,4)18(21)22/h8-9,11-12,35H,4-7,10,13-34H2,1-3H3;7,12-13,16-17H,5-6,8-11H2,1-4H3,(H,21,22)/b9-8-,12-11-;/t;16-,17?,19+,20+/m.0/s1. The average molecular weight is 835 g/mol. The van der Waals surface area contributed by atoms with Gasteiger partial charge < -0.3 is 9.84 Å². The van der Waals surface area contributed by atoms with Gasteiger partial charge in [-0.25, -0.2) is 0 Å². The summed E-state index contributed by atoms with van der Waals surface area (Å²) >= 11 is 0. The third-order valence-corrected chi connectivity index (χ3v) is 14.6. The number of hydrogen-bond donors (Lipinski definition) is 1. The van der Waals surface area contributed by atoms with E-state index in [0.29, 0.717) is 24.9 Å². The number of hydrogen-bond acceptors (Lipinski definition) is 3. The third-order valence-electron chi connectivity index (χ3n) is 14.6. The van der Waals surface area contributed by atoms with E-state index in [9.17, 15) is 14.7 Å². The SMILES string of the molecule is CC(C)C1=CC2=CCC3[C@](C)(C(=O)O)CCC[C@]3(C)[C@H]2CC1.CCCCC/C=C\C/C=C\CCCCCCCC(=O)OCCCCCCCCCCCCCCCC(C)C. The van der Waals surface area contributed by atoms with Gasteiger partial charge in [-0.2, -0.15) is 0 Å². The number of ether oxygens (including phenoxy) is 1. The van der Waals surface area contributed by atoms with Crippen molar-refractivity contribution in [3.05, 3.63) is 47.6 Å². The van der Waals surface area contributed by atoms with Crippen LogP contribution in [0.25, 0.3) is 0 Å². The summed E-state index contributed by atoms with van der Waals surface area (Å²) in [5.41, 5.74) is 2.69. The first-order chi connectivity index (χ1) is 29.0. The Labute approximate surface area is 372 Å². The predicted molar refractivity (Wildman–Crippen MR) is 259 cm³/mol. The molecule has 0 heterocycles. The molecule has 0 aliphatic heterocycles. The van der Waals surface area contributed by atoms with Crippen LogP contribution in [0, 0.1) is 34.5 Å². The van der Waals surface area contributed by atoms with E-state index in [1.54, 1.807) is 5.57 Å². The van der Waals surface area contributed by atoms with Crippen LogP contribution in [-0.2, 0) is 14.3 Å². The van der Waals surface area contributed by atoms with Crippen LogP contribution in [0.4, 0.5) is 0 Å². The lowest BCUT2D eigenvalue weighted by atomic mass is 9.47. The van der Waals surface area contributed by atoms with Gasteiger partial charge in [-0.3, -0.25) is 9.59 Å². The number of rotatable bonds is 32. The van der Waals surface area contributed by atoms with E-state index in [0.717, 1.165) is 50.9 Å². The van der Waals surface area contributed by atoms with Crippen LogP contribution < -0.4 is 0 Å². The molecule has 0 aromatic carbocycles. The largest absolute Gasteiger partial charge is 0.481 e. The summed E-state index contributed by atoms with van der Waals surface area (Å²) in [7, 11) is 0. The molecular weight excluding hydrogens is 737 g/mol. The Balaban J connectivity index is 0.000000470. The van der Waals surface area contributed by atoms with Gasteiger partial charge in [0, 0.05) is 6.42 Å². The normalized spacial score (nSPS) is 22.7. The fourth-order valence-electron chi connectivity index (χ4n) is 10.5. The smallest absolute Gasteiger partial charge is 0.309 e. The zero-order chi connectivity index (χ0) is 43.9. The molecule has 4 nitrogen and oxygen atoms in total. The molecule has 1 saturated carbocycles. The molecule has 4 atom stereocenters. The average Bonchev–Trinajstić information content (AvgIpc) is 3.21. The summed E-state index contributed by atoms with van der Waals surface area (Å²) in [6.07, 6.45) is 53.5. The summed E-state index contributed by atoms with van der Waals surface area (Å²) in [6, 6.07) is 0.